The minimum Gasteiger partial charge on any atom is -0.391 e. The number of likely N-dealkylation sites (tertiary alicyclic amines) is 1. The lowest BCUT2D eigenvalue weighted by Gasteiger charge is -2.36. The summed E-state index contributed by atoms with van der Waals surface area (Å²) in [6, 6.07) is 4.36. The molecule has 2 aromatic rings. The number of carbonyl (C=O) groups excluding carboxylic acids is 12. The van der Waals surface area contributed by atoms with Gasteiger partial charge in [0.2, 0.25) is 70.9 Å². The van der Waals surface area contributed by atoms with Crippen LogP contribution in [0.25, 0.3) is 0 Å². The molecule has 0 bridgehead atoms. The van der Waals surface area contributed by atoms with Gasteiger partial charge >= 0.3 is 0 Å². The maximum atomic E-state index is 15.1. The van der Waals surface area contributed by atoms with Crippen molar-refractivity contribution in [2.45, 2.75) is 213 Å². The number of aliphatic hydroxyl groups is 1. The van der Waals surface area contributed by atoms with E-state index in [1.807, 2.05) is 48.5 Å². The van der Waals surface area contributed by atoms with E-state index in [9.17, 15) is 57.8 Å². The van der Waals surface area contributed by atoms with Crippen LogP contribution < -0.4 is 31.9 Å². The van der Waals surface area contributed by atoms with Gasteiger partial charge in [-0.05, 0) is 100 Å². The smallest absolute Gasteiger partial charge is 0.246 e. The molecule has 7 N–H and O–H groups in total. The second-order valence-electron chi connectivity index (χ2n) is 27.2. The Balaban J connectivity index is 1.62. The van der Waals surface area contributed by atoms with E-state index in [0.717, 1.165) is 11.3 Å². The molecular weight excluding hydrogens is 1200 g/mol. The normalized spacial score (nSPS) is 26.5. The van der Waals surface area contributed by atoms with E-state index in [2.05, 4.69) is 31.9 Å². The molecule has 25 heteroatoms. The number of hydrogen-bond donors (Lipinski definition) is 7. The molecule has 0 aliphatic carbocycles. The van der Waals surface area contributed by atoms with Gasteiger partial charge in [-0.3, -0.25) is 57.5 Å². The van der Waals surface area contributed by atoms with Crippen LogP contribution in [0.4, 0.5) is 0 Å². The largest absolute Gasteiger partial charge is 0.391 e. The van der Waals surface area contributed by atoms with Crippen molar-refractivity contribution in [3.8, 4) is 0 Å². The Kier molecular flexibility index (Phi) is 29.5. The summed E-state index contributed by atoms with van der Waals surface area (Å²) in [7, 11) is 5.67. The topological polar surface area (TPSA) is 317 Å². The van der Waals surface area contributed by atoms with Crippen LogP contribution in [0.2, 0.25) is 0 Å². The van der Waals surface area contributed by atoms with Gasteiger partial charge < -0.3 is 66.4 Å². The predicted molar refractivity (Wildman–Crippen MR) is 354 cm³/mol. The number of nitrogens with zero attached hydrogens (tertiary/aromatic N) is 6. The monoisotopic (exact) mass is 1310 g/mol. The summed E-state index contributed by atoms with van der Waals surface area (Å²) in [5, 5.41) is 27.8. The van der Waals surface area contributed by atoms with Gasteiger partial charge in [-0.15, -0.1) is 0 Å². The summed E-state index contributed by atoms with van der Waals surface area (Å²) in [4.78, 5) is 184. The van der Waals surface area contributed by atoms with Gasteiger partial charge in [-0.25, -0.2) is 0 Å². The molecule has 1 unspecified atom stereocenters. The van der Waals surface area contributed by atoms with Crippen LogP contribution in [0.15, 0.2) is 60.7 Å². The van der Waals surface area contributed by atoms with E-state index in [1.165, 1.54) is 61.6 Å². The van der Waals surface area contributed by atoms with Crippen molar-refractivity contribution in [1.82, 2.24) is 61.3 Å². The van der Waals surface area contributed by atoms with Gasteiger partial charge in [0.1, 0.15) is 60.4 Å². The molecule has 3 saturated heterocycles. The molecule has 0 saturated carbocycles. The van der Waals surface area contributed by atoms with E-state index in [0.29, 0.717) is 49.9 Å². The Morgan fingerprint density at radius 1 is 0.511 bits per heavy atom. The Labute approximate surface area is 555 Å². The van der Waals surface area contributed by atoms with Gasteiger partial charge in [0.25, 0.3) is 0 Å². The van der Waals surface area contributed by atoms with Crippen molar-refractivity contribution in [3.05, 3.63) is 71.8 Å². The molecule has 12 atom stereocenters. The summed E-state index contributed by atoms with van der Waals surface area (Å²) in [5.74, 6) is -9.55. The maximum Gasteiger partial charge on any atom is 0.246 e. The molecule has 3 aliphatic heterocycles. The Hall–Kier alpha value is -7.96. The fourth-order valence-electron chi connectivity index (χ4n) is 12.3. The zero-order chi connectivity index (χ0) is 69.8. The van der Waals surface area contributed by atoms with Crippen molar-refractivity contribution in [2.24, 2.45) is 23.7 Å². The highest BCUT2D eigenvalue weighted by molar-refractivity contribution is 6.00. The minimum atomic E-state index is -1.69. The number of fused-ring (bicyclic) bond motifs is 1. The molecule has 2 aromatic carbocycles. The molecule has 5 rings (SSSR count). The minimum absolute atomic E-state index is 0.0463. The van der Waals surface area contributed by atoms with Crippen LogP contribution in [0, 0.1) is 23.7 Å². The van der Waals surface area contributed by atoms with Crippen molar-refractivity contribution < 1.29 is 62.6 Å². The van der Waals surface area contributed by atoms with Crippen LogP contribution in [-0.2, 0) is 70.4 Å². The highest BCUT2D eigenvalue weighted by Gasteiger charge is 2.44. The van der Waals surface area contributed by atoms with E-state index < -0.39 is 156 Å². The standard InChI is InChI=1S/C69H106N12O13/c1-15-44(8)58-69(94)79(14)53(34-41(2)3)62(87)70-40-57(84)77(12)55(36-43(6)7)68(93)81-33-25-30-52(81)63(88)75-59(46(10)82)65(90)71-49(37-47-26-19-16-20-27-47)61(86)73-51(67(92)80-31-23-18-24-32-80)39-56(83)76(11)45(9)60(85)72-50(38-48-28-21-17-22-29-48)66(91)78(13)54(35-42(4)5)64(89)74-58/h16-17,19-22,26-29,41-46,49-55,58-59,82H,15,18,23-25,30-40H2,1-14H3,(H,70,87)(H,71,90)(H,72,85)(H,73,86)(H,74,89)(H,75,88)/t44-,45+,46?,49-,50-,51-,52-,53-,54-,55-,58-,59-/m0/s1. The zero-order valence-electron chi connectivity index (χ0n) is 57.8. The zero-order valence-corrected chi connectivity index (χ0v) is 57.8. The van der Waals surface area contributed by atoms with Crippen LogP contribution in [0.5, 0.6) is 0 Å². The number of benzene rings is 2. The summed E-state index contributed by atoms with van der Waals surface area (Å²) in [5.41, 5.74) is 1.23. The number of amides is 12. The van der Waals surface area contributed by atoms with Gasteiger partial charge in [0.05, 0.1) is 19.1 Å². The van der Waals surface area contributed by atoms with Crippen molar-refractivity contribution in [1.29, 1.82) is 0 Å². The number of piperidine rings is 1. The molecule has 25 nitrogen and oxygen atoms in total. The number of nitrogens with one attached hydrogen (secondary N) is 6. The fourth-order valence-corrected chi connectivity index (χ4v) is 12.3. The SMILES string of the molecule is CC[C@H](C)[C@@H]1NC(=O)[C@H](CC(C)C)N(C)C(=O)[C@H](Cc2ccccc2)NC(=O)[C@@H](C)N(C)C(=O)C[C@@H](C(=O)N2CCCCC2)NC(=O)[C@H](Cc2ccccc2)NC(=O)[C@H](C(C)O)NC(=O)[C@@H]2CCCN2C(=O)[C@H](CC(C)C)N(C)C(=O)CNC(=O)[C@H](CC(C)C)N(C)C1=O. The van der Waals surface area contributed by atoms with Crippen molar-refractivity contribution in [3.63, 3.8) is 0 Å². The fraction of sp³-hybridized carbons (Fsp3) is 0.652. The molecule has 0 radical (unpaired) electrons. The first kappa shape index (κ1) is 76.7. The first-order valence-electron chi connectivity index (χ1n) is 33.6. The van der Waals surface area contributed by atoms with Gasteiger partial charge in [0.15, 0.2) is 0 Å². The van der Waals surface area contributed by atoms with Crippen LogP contribution in [-0.4, -0.2) is 226 Å². The summed E-state index contributed by atoms with van der Waals surface area (Å²) >= 11 is 0. The highest BCUT2D eigenvalue weighted by atomic mass is 16.3. The van der Waals surface area contributed by atoms with E-state index in [-0.39, 0.29) is 62.8 Å². The third-order valence-corrected chi connectivity index (χ3v) is 18.4. The number of aliphatic hydroxyl groups excluding tert-OH is 1. The van der Waals surface area contributed by atoms with Gasteiger partial charge in [0, 0.05) is 60.7 Å². The molecule has 0 spiro atoms. The lowest BCUT2D eigenvalue weighted by molar-refractivity contribution is -0.149. The lowest BCUT2D eigenvalue weighted by Crippen LogP contribution is -2.62. The summed E-state index contributed by atoms with van der Waals surface area (Å²) < 4.78 is 0. The molecule has 12 amide bonds. The van der Waals surface area contributed by atoms with E-state index in [1.54, 1.807) is 72.5 Å². The third-order valence-electron chi connectivity index (χ3n) is 18.4. The predicted octanol–water partition coefficient (Wildman–Crippen LogP) is 2.31. The third kappa shape index (κ3) is 21.3. The first-order valence-corrected chi connectivity index (χ1v) is 33.6. The molecule has 94 heavy (non-hydrogen) atoms. The molecular formula is C69H106N12O13. The summed E-state index contributed by atoms with van der Waals surface area (Å²) in [6.07, 6.45) is 1.14. The van der Waals surface area contributed by atoms with E-state index in [4.69, 9.17) is 0 Å². The molecule has 3 heterocycles. The maximum absolute atomic E-state index is 15.1. The number of carbonyl (C=O) groups is 12. The Morgan fingerprint density at radius 3 is 1.56 bits per heavy atom. The molecule has 3 aliphatic rings. The summed E-state index contributed by atoms with van der Waals surface area (Å²) in [6.45, 7) is 17.7. The number of rotatable bonds is 14. The van der Waals surface area contributed by atoms with Crippen LogP contribution >= 0.6 is 0 Å². The molecule has 0 aromatic heterocycles. The quantitative estimate of drug-likeness (QED) is 0.143. The van der Waals surface area contributed by atoms with Crippen LogP contribution in [0.1, 0.15) is 145 Å². The Bertz CT molecular complexity index is 2940. The first-order chi connectivity index (χ1) is 44.4. The molecule has 3 fully saturated rings. The molecule has 520 valence electrons. The number of hydrogen-bond acceptors (Lipinski definition) is 13. The second kappa shape index (κ2) is 36.1. The van der Waals surface area contributed by atoms with Gasteiger partial charge in [-0.2, -0.15) is 0 Å². The number of likely N-dealkylation sites (N-methyl/N-ethyl adjacent to an activating group) is 4. The second-order valence-corrected chi connectivity index (χ2v) is 27.2. The van der Waals surface area contributed by atoms with Gasteiger partial charge in [-0.1, -0.05) is 122 Å². The highest BCUT2D eigenvalue weighted by Crippen LogP contribution is 2.25. The average Bonchev–Trinajstić information content (AvgIpc) is 1.42. The van der Waals surface area contributed by atoms with Crippen LogP contribution in [0.3, 0.4) is 0 Å². The van der Waals surface area contributed by atoms with Crippen molar-refractivity contribution in [2.75, 3.05) is 54.4 Å². The van der Waals surface area contributed by atoms with Crippen molar-refractivity contribution >= 4 is 70.9 Å². The Morgan fingerprint density at radius 2 is 1.02 bits per heavy atom. The lowest BCUT2D eigenvalue weighted by atomic mass is 9.94. The van der Waals surface area contributed by atoms with E-state index >= 15 is 4.79 Å². The average molecular weight is 1310 g/mol.